The van der Waals surface area contributed by atoms with Crippen LogP contribution in [0.4, 0.5) is 0 Å². The first kappa shape index (κ1) is 13.9. The molecule has 0 saturated carbocycles. The van der Waals surface area contributed by atoms with E-state index in [9.17, 15) is 8.42 Å². The van der Waals surface area contributed by atoms with Crippen molar-refractivity contribution in [3.63, 3.8) is 0 Å². The van der Waals surface area contributed by atoms with Gasteiger partial charge in [0.1, 0.15) is 0 Å². The molecule has 1 rings (SSSR count). The van der Waals surface area contributed by atoms with Crippen LogP contribution in [-0.2, 0) is 10.2 Å². The molecule has 5 nitrogen and oxygen atoms in total. The number of aliphatic hydroxyl groups is 1. The lowest BCUT2D eigenvalue weighted by Gasteiger charge is -2.34. The average molecular weight is 250 g/mol. The zero-order valence-electron chi connectivity index (χ0n) is 10.2. The smallest absolute Gasteiger partial charge is 0.279 e. The van der Waals surface area contributed by atoms with Crippen molar-refractivity contribution in [1.82, 2.24) is 9.03 Å². The molecule has 0 aromatic carbocycles. The van der Waals surface area contributed by atoms with Gasteiger partial charge in [0.15, 0.2) is 0 Å². The Kier molecular flexibility index (Phi) is 4.73. The molecule has 1 heterocycles. The van der Waals surface area contributed by atoms with Gasteiger partial charge in [-0.15, -0.1) is 0 Å². The Morgan fingerprint density at radius 2 is 1.88 bits per heavy atom. The Hall–Kier alpha value is -0.170. The van der Waals surface area contributed by atoms with E-state index in [-0.39, 0.29) is 6.54 Å². The Morgan fingerprint density at radius 3 is 2.31 bits per heavy atom. The highest BCUT2D eigenvalue weighted by molar-refractivity contribution is 7.87. The summed E-state index contributed by atoms with van der Waals surface area (Å²) in [5, 5.41) is 9.07. The summed E-state index contributed by atoms with van der Waals surface area (Å²) in [6.07, 6.45) is 0.414. The van der Waals surface area contributed by atoms with Gasteiger partial charge in [0, 0.05) is 19.6 Å². The molecule has 0 bridgehead atoms. The zero-order chi connectivity index (χ0) is 12.3. The minimum Gasteiger partial charge on any atom is -0.392 e. The first-order valence-electron chi connectivity index (χ1n) is 5.74. The maximum Gasteiger partial charge on any atom is 0.279 e. The second-order valence-corrected chi connectivity index (χ2v) is 6.72. The minimum absolute atomic E-state index is 0.0710. The lowest BCUT2D eigenvalue weighted by atomic mass is 9.94. The topological polar surface area (TPSA) is 69.6 Å². The predicted molar refractivity (Wildman–Crippen MR) is 63.1 cm³/mol. The molecular weight excluding hydrogens is 228 g/mol. The molecule has 96 valence electrons. The van der Waals surface area contributed by atoms with E-state index < -0.39 is 16.3 Å². The highest BCUT2D eigenvalue weighted by atomic mass is 32.2. The highest BCUT2D eigenvalue weighted by Crippen LogP contribution is 2.22. The van der Waals surface area contributed by atoms with Gasteiger partial charge in [-0.05, 0) is 25.2 Å². The van der Waals surface area contributed by atoms with Crippen LogP contribution < -0.4 is 4.72 Å². The molecule has 16 heavy (non-hydrogen) atoms. The largest absolute Gasteiger partial charge is 0.392 e. The van der Waals surface area contributed by atoms with E-state index in [0.29, 0.717) is 24.9 Å². The van der Waals surface area contributed by atoms with Crippen molar-refractivity contribution in [2.45, 2.75) is 33.3 Å². The Bertz CT molecular complexity index is 306. The fourth-order valence-electron chi connectivity index (χ4n) is 2.12. The molecule has 0 aliphatic carbocycles. The van der Waals surface area contributed by atoms with Crippen LogP contribution in [0.25, 0.3) is 0 Å². The van der Waals surface area contributed by atoms with Gasteiger partial charge in [-0.3, -0.25) is 0 Å². The van der Waals surface area contributed by atoms with Gasteiger partial charge in [0.25, 0.3) is 10.2 Å². The molecule has 0 aromatic rings. The third kappa shape index (κ3) is 4.01. The fraction of sp³-hybridized carbons (Fsp3) is 1.00. The second-order valence-electron chi connectivity index (χ2n) is 4.97. The number of piperidine rings is 1. The third-order valence-electron chi connectivity index (χ3n) is 2.74. The van der Waals surface area contributed by atoms with Crippen LogP contribution in [0.3, 0.4) is 0 Å². The summed E-state index contributed by atoms with van der Waals surface area (Å²) in [7, 11) is -3.42. The number of hydrogen-bond acceptors (Lipinski definition) is 3. The lowest BCUT2D eigenvalue weighted by molar-refractivity contribution is 0.193. The SMILES string of the molecule is C[C@H]1C[C@H](C)CN(S(=O)(=O)NC[C@H](C)O)C1. The standard InChI is InChI=1S/C10H22N2O3S/c1-8-4-9(2)7-12(6-8)16(14,15)11-5-10(3)13/h8-11,13H,4-7H2,1-3H3/t8-,9-,10-/m0/s1. The molecule has 0 spiro atoms. The molecule has 0 unspecified atom stereocenters. The van der Waals surface area contributed by atoms with E-state index in [1.807, 2.05) is 0 Å². The first-order chi connectivity index (χ1) is 7.31. The summed E-state index contributed by atoms with van der Waals surface area (Å²) in [5.74, 6) is 0.791. The van der Waals surface area contributed by atoms with Crippen molar-refractivity contribution in [2.24, 2.45) is 11.8 Å². The van der Waals surface area contributed by atoms with Crippen LogP contribution >= 0.6 is 0 Å². The molecule has 3 atom stereocenters. The Labute approximate surface area is 98.0 Å². The molecule has 1 saturated heterocycles. The van der Waals surface area contributed by atoms with Crippen molar-refractivity contribution in [1.29, 1.82) is 0 Å². The van der Waals surface area contributed by atoms with Crippen molar-refractivity contribution in [3.8, 4) is 0 Å². The number of nitrogens with one attached hydrogen (secondary N) is 1. The maximum absolute atomic E-state index is 11.9. The minimum atomic E-state index is -3.42. The summed E-state index contributed by atoms with van der Waals surface area (Å²) >= 11 is 0. The van der Waals surface area contributed by atoms with Crippen LogP contribution in [0.2, 0.25) is 0 Å². The third-order valence-corrected chi connectivity index (χ3v) is 4.25. The molecule has 1 aliphatic rings. The van der Waals surface area contributed by atoms with Gasteiger partial charge < -0.3 is 5.11 Å². The molecule has 6 heteroatoms. The molecule has 0 aromatic heterocycles. The summed E-state index contributed by atoms with van der Waals surface area (Å²) < 4.78 is 27.7. The lowest BCUT2D eigenvalue weighted by Crippen LogP contribution is -2.49. The van der Waals surface area contributed by atoms with Gasteiger partial charge in [-0.1, -0.05) is 13.8 Å². The van der Waals surface area contributed by atoms with Crippen LogP contribution in [-0.4, -0.2) is 43.6 Å². The Balaban J connectivity index is 2.60. The molecule has 0 radical (unpaired) electrons. The van der Waals surface area contributed by atoms with Crippen molar-refractivity contribution in [2.75, 3.05) is 19.6 Å². The summed E-state index contributed by atoms with van der Waals surface area (Å²) in [4.78, 5) is 0. The quantitative estimate of drug-likeness (QED) is 0.748. The normalized spacial score (nSPS) is 30.2. The van der Waals surface area contributed by atoms with Crippen LogP contribution in [0, 0.1) is 11.8 Å². The van der Waals surface area contributed by atoms with Crippen LogP contribution in [0.5, 0.6) is 0 Å². The van der Waals surface area contributed by atoms with Gasteiger partial charge in [-0.2, -0.15) is 17.4 Å². The van der Waals surface area contributed by atoms with E-state index in [0.717, 1.165) is 6.42 Å². The molecule has 1 aliphatic heterocycles. The summed E-state index contributed by atoms with van der Waals surface area (Å²) in [6, 6.07) is 0. The van der Waals surface area contributed by atoms with Crippen molar-refractivity contribution >= 4 is 10.2 Å². The number of rotatable bonds is 4. The van der Waals surface area contributed by atoms with E-state index in [1.54, 1.807) is 6.92 Å². The second kappa shape index (κ2) is 5.44. The zero-order valence-corrected chi connectivity index (χ0v) is 11.0. The highest BCUT2D eigenvalue weighted by Gasteiger charge is 2.30. The summed E-state index contributed by atoms with van der Waals surface area (Å²) in [5.41, 5.74) is 0. The van der Waals surface area contributed by atoms with E-state index >= 15 is 0 Å². The molecule has 0 amide bonds. The maximum atomic E-state index is 11.9. The molecule has 2 N–H and O–H groups in total. The van der Waals surface area contributed by atoms with E-state index in [4.69, 9.17) is 5.11 Å². The first-order valence-corrected chi connectivity index (χ1v) is 7.18. The van der Waals surface area contributed by atoms with E-state index in [1.165, 1.54) is 4.31 Å². The monoisotopic (exact) mass is 250 g/mol. The molecular formula is C10H22N2O3S. The number of aliphatic hydroxyl groups excluding tert-OH is 1. The van der Waals surface area contributed by atoms with E-state index in [2.05, 4.69) is 18.6 Å². The number of nitrogens with zero attached hydrogens (tertiary/aromatic N) is 1. The van der Waals surface area contributed by atoms with Gasteiger partial charge in [0.2, 0.25) is 0 Å². The summed E-state index contributed by atoms with van der Waals surface area (Å²) in [6.45, 7) is 6.89. The van der Waals surface area contributed by atoms with Gasteiger partial charge >= 0.3 is 0 Å². The van der Waals surface area contributed by atoms with Crippen molar-refractivity contribution in [3.05, 3.63) is 0 Å². The Morgan fingerprint density at radius 1 is 1.38 bits per heavy atom. The van der Waals surface area contributed by atoms with Crippen LogP contribution in [0.1, 0.15) is 27.2 Å². The van der Waals surface area contributed by atoms with Gasteiger partial charge in [0.05, 0.1) is 6.10 Å². The van der Waals surface area contributed by atoms with Gasteiger partial charge in [-0.25, -0.2) is 0 Å². The van der Waals surface area contributed by atoms with Crippen LogP contribution in [0.15, 0.2) is 0 Å². The van der Waals surface area contributed by atoms with Crippen molar-refractivity contribution < 1.29 is 13.5 Å². The average Bonchev–Trinajstić information content (AvgIpc) is 2.13. The number of hydrogen-bond donors (Lipinski definition) is 2. The molecule has 1 fully saturated rings. The fourth-order valence-corrected chi connectivity index (χ4v) is 3.66. The predicted octanol–water partition coefficient (Wildman–Crippen LogP) is 0.179.